The summed E-state index contributed by atoms with van der Waals surface area (Å²) in [5, 5.41) is 11.0. The summed E-state index contributed by atoms with van der Waals surface area (Å²) in [5.74, 6) is 2.70. The van der Waals surface area contributed by atoms with Crippen LogP contribution < -0.4 is 4.90 Å². The number of pyridine rings is 1. The van der Waals surface area contributed by atoms with E-state index in [2.05, 4.69) is 38.0 Å². The molecule has 0 radical (unpaired) electrons. The van der Waals surface area contributed by atoms with Crippen molar-refractivity contribution in [3.05, 3.63) is 42.5 Å². The van der Waals surface area contributed by atoms with E-state index in [0.29, 0.717) is 17.5 Å². The van der Waals surface area contributed by atoms with Crippen LogP contribution in [0.2, 0.25) is 0 Å². The lowest BCUT2D eigenvalue weighted by atomic mass is 9.81. The van der Waals surface area contributed by atoms with Crippen molar-refractivity contribution in [2.75, 3.05) is 17.7 Å². The molecule has 3 heterocycles. The number of aromatic nitrogens is 4. The Labute approximate surface area is 150 Å². The summed E-state index contributed by atoms with van der Waals surface area (Å²) in [4.78, 5) is 18.5. The first-order valence-electron chi connectivity index (χ1n) is 8.24. The van der Waals surface area contributed by atoms with Crippen LogP contribution in [0.1, 0.15) is 18.4 Å². The average Bonchev–Trinajstić information content (AvgIpc) is 3.09. The molecule has 3 aromatic rings. The molecule has 126 valence electrons. The van der Waals surface area contributed by atoms with Gasteiger partial charge in [0.15, 0.2) is 0 Å². The van der Waals surface area contributed by atoms with Gasteiger partial charge in [-0.15, -0.1) is 11.8 Å². The smallest absolute Gasteiger partial charge is 0.142 e. The van der Waals surface area contributed by atoms with Crippen molar-refractivity contribution in [3.8, 4) is 6.07 Å². The Morgan fingerprint density at radius 3 is 3.04 bits per heavy atom. The molecular weight excluding hydrogens is 332 g/mol. The Hall–Kier alpha value is -2.59. The molecule has 0 spiro atoms. The number of nitriles is 1. The largest absolute Gasteiger partial charge is 0.356 e. The third-order valence-electron chi connectivity index (χ3n) is 4.76. The molecule has 0 bridgehead atoms. The van der Waals surface area contributed by atoms with Crippen LogP contribution in [0.5, 0.6) is 0 Å². The van der Waals surface area contributed by atoms with E-state index in [1.54, 1.807) is 30.4 Å². The summed E-state index contributed by atoms with van der Waals surface area (Å²) in [7, 11) is 2.11. The van der Waals surface area contributed by atoms with Crippen molar-refractivity contribution >= 4 is 28.6 Å². The molecule has 7 heteroatoms. The third-order valence-corrected chi connectivity index (χ3v) is 5.91. The number of nitrogens with one attached hydrogen (secondary N) is 1. The molecule has 3 aromatic heterocycles. The van der Waals surface area contributed by atoms with Gasteiger partial charge in [-0.05, 0) is 37.0 Å². The van der Waals surface area contributed by atoms with Gasteiger partial charge in [-0.1, -0.05) is 0 Å². The number of rotatable bonds is 5. The Morgan fingerprint density at radius 2 is 2.20 bits per heavy atom. The van der Waals surface area contributed by atoms with Gasteiger partial charge >= 0.3 is 0 Å². The van der Waals surface area contributed by atoms with Crippen LogP contribution in [0.4, 0.5) is 5.82 Å². The molecule has 1 aliphatic rings. The van der Waals surface area contributed by atoms with Gasteiger partial charge in [-0.25, -0.2) is 15.0 Å². The fourth-order valence-corrected chi connectivity index (χ4v) is 4.25. The minimum absolute atomic E-state index is 0.511. The molecule has 0 amide bonds. The van der Waals surface area contributed by atoms with E-state index in [-0.39, 0.29) is 0 Å². The van der Waals surface area contributed by atoms with Crippen LogP contribution in [0, 0.1) is 17.2 Å². The second-order valence-electron chi connectivity index (χ2n) is 6.34. The average molecular weight is 350 g/mol. The van der Waals surface area contributed by atoms with Gasteiger partial charge in [0.05, 0.1) is 22.0 Å². The molecule has 25 heavy (non-hydrogen) atoms. The van der Waals surface area contributed by atoms with E-state index >= 15 is 0 Å². The zero-order valence-corrected chi connectivity index (χ0v) is 14.7. The third kappa shape index (κ3) is 3.17. The van der Waals surface area contributed by atoms with Crippen molar-refractivity contribution < 1.29 is 0 Å². The highest BCUT2D eigenvalue weighted by Crippen LogP contribution is 2.37. The Morgan fingerprint density at radius 1 is 1.32 bits per heavy atom. The molecule has 0 aromatic carbocycles. The highest BCUT2D eigenvalue weighted by atomic mass is 32.2. The van der Waals surface area contributed by atoms with Gasteiger partial charge in [-0.3, -0.25) is 0 Å². The topological polar surface area (TPSA) is 81.5 Å². The summed E-state index contributed by atoms with van der Waals surface area (Å²) in [6.07, 6.45) is 7.52. The first-order chi connectivity index (χ1) is 12.2. The molecule has 6 nitrogen and oxygen atoms in total. The molecule has 1 aliphatic carbocycles. The number of aromatic amines is 1. The van der Waals surface area contributed by atoms with Crippen molar-refractivity contribution in [2.24, 2.45) is 5.92 Å². The second-order valence-corrected chi connectivity index (χ2v) is 7.39. The highest BCUT2D eigenvalue weighted by Gasteiger charge is 2.33. The summed E-state index contributed by atoms with van der Waals surface area (Å²) in [5.41, 5.74) is 1.55. The molecule has 0 aliphatic heterocycles. The number of hydrogen-bond acceptors (Lipinski definition) is 6. The zero-order chi connectivity index (χ0) is 17.2. The van der Waals surface area contributed by atoms with Crippen molar-refractivity contribution in [2.45, 2.75) is 23.9 Å². The quantitative estimate of drug-likeness (QED) is 0.712. The molecule has 0 atom stereocenters. The molecule has 0 saturated heterocycles. The second kappa shape index (κ2) is 6.73. The molecule has 4 rings (SSSR count). The lowest BCUT2D eigenvalue weighted by Gasteiger charge is -2.41. The summed E-state index contributed by atoms with van der Waals surface area (Å²) in [6.45, 7) is 0. The minimum atomic E-state index is 0.511. The predicted molar refractivity (Wildman–Crippen MR) is 98.5 cm³/mol. The van der Waals surface area contributed by atoms with Crippen LogP contribution in [0.15, 0.2) is 41.9 Å². The number of anilines is 1. The number of thioether (sulfide) groups is 1. The van der Waals surface area contributed by atoms with Crippen LogP contribution in [-0.4, -0.2) is 38.8 Å². The minimum Gasteiger partial charge on any atom is -0.356 e. The van der Waals surface area contributed by atoms with E-state index in [1.165, 1.54) is 0 Å². The van der Waals surface area contributed by atoms with Crippen LogP contribution >= 0.6 is 11.8 Å². The van der Waals surface area contributed by atoms with E-state index in [0.717, 1.165) is 40.5 Å². The van der Waals surface area contributed by atoms with Gasteiger partial charge in [0.1, 0.15) is 17.8 Å². The van der Waals surface area contributed by atoms with Crippen LogP contribution in [-0.2, 0) is 0 Å². The van der Waals surface area contributed by atoms with Crippen molar-refractivity contribution in [3.63, 3.8) is 0 Å². The maximum Gasteiger partial charge on any atom is 0.142 e. The van der Waals surface area contributed by atoms with Gasteiger partial charge in [-0.2, -0.15) is 5.26 Å². The monoisotopic (exact) mass is 350 g/mol. The Kier molecular flexibility index (Phi) is 4.28. The van der Waals surface area contributed by atoms with Crippen molar-refractivity contribution in [1.29, 1.82) is 5.26 Å². The molecular formula is C18H18N6S. The van der Waals surface area contributed by atoms with E-state index in [9.17, 15) is 0 Å². The SMILES string of the molecule is CN(c1ncnc2[nH]ccc12)[C@H]1C[C@@H](CSc2cc(C#N)ccn2)C1. The van der Waals surface area contributed by atoms with E-state index in [4.69, 9.17) is 5.26 Å². The van der Waals surface area contributed by atoms with Crippen LogP contribution in [0.25, 0.3) is 11.0 Å². The summed E-state index contributed by atoms with van der Waals surface area (Å²) in [6, 6.07) is 8.30. The van der Waals surface area contributed by atoms with Crippen LogP contribution in [0.3, 0.4) is 0 Å². The van der Waals surface area contributed by atoms with E-state index in [1.807, 2.05) is 18.3 Å². The Bertz CT molecular complexity index is 924. The fourth-order valence-electron chi connectivity index (χ4n) is 3.23. The predicted octanol–water partition coefficient (Wildman–Crippen LogP) is 3.23. The molecule has 0 unspecified atom stereocenters. The standard InChI is InChI=1S/C18H18N6S/c1-24(18-15-3-5-21-17(15)22-11-23-18)14-6-13(7-14)10-25-16-8-12(9-19)2-4-20-16/h2-5,8,11,13-14H,6-7,10H2,1H3,(H,21,22,23)/t13-,14+. The van der Waals surface area contributed by atoms with Gasteiger partial charge in [0.25, 0.3) is 0 Å². The van der Waals surface area contributed by atoms with Crippen molar-refractivity contribution in [1.82, 2.24) is 19.9 Å². The normalized spacial score (nSPS) is 19.4. The number of nitrogens with zero attached hydrogens (tertiary/aromatic N) is 5. The summed E-state index contributed by atoms with van der Waals surface area (Å²) < 4.78 is 0. The maximum atomic E-state index is 8.96. The zero-order valence-electron chi connectivity index (χ0n) is 13.9. The maximum absolute atomic E-state index is 8.96. The Balaban J connectivity index is 1.34. The lowest BCUT2D eigenvalue weighted by molar-refractivity contribution is 0.286. The molecule has 1 N–H and O–H groups in total. The number of hydrogen-bond donors (Lipinski definition) is 1. The number of fused-ring (bicyclic) bond motifs is 1. The first-order valence-corrected chi connectivity index (χ1v) is 9.23. The van der Waals surface area contributed by atoms with Gasteiger partial charge in [0, 0.05) is 31.2 Å². The summed E-state index contributed by atoms with van der Waals surface area (Å²) >= 11 is 1.74. The van der Waals surface area contributed by atoms with E-state index < -0.39 is 0 Å². The van der Waals surface area contributed by atoms with Gasteiger partial charge in [0.2, 0.25) is 0 Å². The number of H-pyrrole nitrogens is 1. The lowest BCUT2D eigenvalue weighted by Crippen LogP contribution is -2.43. The molecule has 1 saturated carbocycles. The molecule has 1 fully saturated rings. The highest BCUT2D eigenvalue weighted by molar-refractivity contribution is 7.99. The fraction of sp³-hybridized carbons (Fsp3) is 0.333. The van der Waals surface area contributed by atoms with Gasteiger partial charge < -0.3 is 9.88 Å². The first kappa shape index (κ1) is 15.9.